The van der Waals surface area contributed by atoms with Crippen LogP contribution in [0.2, 0.25) is 0 Å². The molecule has 1 fully saturated rings. The molecule has 5 rings (SSSR count). The molecule has 2 aliphatic heterocycles. The lowest BCUT2D eigenvalue weighted by atomic mass is 9.81. The molecule has 2 unspecified atom stereocenters. The van der Waals surface area contributed by atoms with Gasteiger partial charge in [0.1, 0.15) is 17.2 Å². The van der Waals surface area contributed by atoms with E-state index in [9.17, 15) is 14.6 Å². The molecule has 4 nitrogen and oxygen atoms in total. The van der Waals surface area contributed by atoms with Gasteiger partial charge in [-0.15, -0.1) is 0 Å². The lowest BCUT2D eigenvalue weighted by Gasteiger charge is -2.46. The van der Waals surface area contributed by atoms with Crippen LogP contribution in [0.3, 0.4) is 0 Å². The van der Waals surface area contributed by atoms with Crippen molar-refractivity contribution in [2.24, 2.45) is 0 Å². The standard InChI is InChI=1S/C25H26FNO3/c26-19-8-5-18(6-9-19)23(29)16-27-13-11-25(12-14-27)15-22(28)21-10-7-17-3-1-2-4-20(17)24(21)30-25/h1-10,22-23,28-29H,11-16H2. The molecular formula is C25H26FNO3. The SMILES string of the molecule is OC(CN1CCC2(CC1)CC(O)c1ccc3ccccc3c1O2)c1ccc(F)cc1. The Hall–Kier alpha value is -2.47. The first-order chi connectivity index (χ1) is 14.5. The van der Waals surface area contributed by atoms with Crippen LogP contribution in [0.4, 0.5) is 4.39 Å². The third-order valence-corrected chi connectivity index (χ3v) is 6.61. The van der Waals surface area contributed by atoms with Crippen molar-refractivity contribution < 1.29 is 19.3 Å². The number of nitrogens with zero attached hydrogens (tertiary/aromatic N) is 1. The second kappa shape index (κ2) is 7.65. The lowest BCUT2D eigenvalue weighted by molar-refractivity contribution is -0.0577. The summed E-state index contributed by atoms with van der Waals surface area (Å²) in [6, 6.07) is 18.2. The number of aliphatic hydroxyl groups excluding tert-OH is 2. The average Bonchev–Trinajstić information content (AvgIpc) is 2.76. The Morgan fingerprint density at radius 1 is 1.03 bits per heavy atom. The van der Waals surface area contributed by atoms with Gasteiger partial charge in [0.25, 0.3) is 0 Å². The first-order valence-electron chi connectivity index (χ1n) is 10.6. The summed E-state index contributed by atoms with van der Waals surface area (Å²) < 4.78 is 19.7. The largest absolute Gasteiger partial charge is 0.486 e. The summed E-state index contributed by atoms with van der Waals surface area (Å²) in [6.45, 7) is 2.07. The van der Waals surface area contributed by atoms with Gasteiger partial charge in [0.15, 0.2) is 0 Å². The molecule has 3 aromatic rings. The number of rotatable bonds is 3. The highest BCUT2D eigenvalue weighted by Gasteiger charge is 2.43. The molecule has 2 atom stereocenters. The number of piperidine rings is 1. The maximum absolute atomic E-state index is 13.1. The van der Waals surface area contributed by atoms with E-state index in [-0.39, 0.29) is 11.4 Å². The van der Waals surface area contributed by atoms with Crippen molar-refractivity contribution in [1.29, 1.82) is 0 Å². The topological polar surface area (TPSA) is 52.9 Å². The fourth-order valence-electron chi connectivity index (χ4n) is 4.84. The molecule has 1 spiro atoms. The smallest absolute Gasteiger partial charge is 0.133 e. The molecule has 0 radical (unpaired) electrons. The number of β-amino-alcohol motifs (C(OH)–C–C–N with tert-alkyl or cyclic N) is 1. The van der Waals surface area contributed by atoms with Crippen molar-refractivity contribution in [3.05, 3.63) is 77.6 Å². The van der Waals surface area contributed by atoms with Gasteiger partial charge >= 0.3 is 0 Å². The van der Waals surface area contributed by atoms with Gasteiger partial charge in [-0.25, -0.2) is 4.39 Å². The van der Waals surface area contributed by atoms with Gasteiger partial charge in [-0.3, -0.25) is 0 Å². The van der Waals surface area contributed by atoms with Crippen LogP contribution in [-0.2, 0) is 0 Å². The number of ether oxygens (including phenoxy) is 1. The van der Waals surface area contributed by atoms with Gasteiger partial charge < -0.3 is 19.8 Å². The van der Waals surface area contributed by atoms with E-state index in [4.69, 9.17) is 4.74 Å². The van der Waals surface area contributed by atoms with Gasteiger partial charge in [0.05, 0.1) is 12.2 Å². The number of fused-ring (bicyclic) bond motifs is 3. The molecule has 0 bridgehead atoms. The molecule has 0 amide bonds. The summed E-state index contributed by atoms with van der Waals surface area (Å²) in [7, 11) is 0. The molecule has 2 N–H and O–H groups in total. The molecule has 2 aliphatic rings. The van der Waals surface area contributed by atoms with E-state index in [0.717, 1.165) is 53.6 Å². The summed E-state index contributed by atoms with van der Waals surface area (Å²) in [5.41, 5.74) is 1.21. The minimum Gasteiger partial charge on any atom is -0.486 e. The summed E-state index contributed by atoms with van der Waals surface area (Å²) in [6.07, 6.45) is 0.996. The van der Waals surface area contributed by atoms with Gasteiger partial charge in [-0.1, -0.05) is 48.5 Å². The van der Waals surface area contributed by atoms with Crippen molar-refractivity contribution in [3.8, 4) is 5.75 Å². The molecule has 2 heterocycles. The van der Waals surface area contributed by atoms with Crippen LogP contribution >= 0.6 is 0 Å². The number of benzene rings is 3. The zero-order valence-electron chi connectivity index (χ0n) is 16.8. The van der Waals surface area contributed by atoms with Crippen LogP contribution in [0, 0.1) is 5.82 Å². The summed E-state index contributed by atoms with van der Waals surface area (Å²) in [5, 5.41) is 23.5. The fourth-order valence-corrected chi connectivity index (χ4v) is 4.84. The highest BCUT2D eigenvalue weighted by molar-refractivity contribution is 5.90. The molecule has 1 saturated heterocycles. The van der Waals surface area contributed by atoms with E-state index in [1.54, 1.807) is 12.1 Å². The van der Waals surface area contributed by atoms with E-state index in [2.05, 4.69) is 11.0 Å². The second-order valence-electron chi connectivity index (χ2n) is 8.58. The van der Waals surface area contributed by atoms with Crippen LogP contribution in [0.5, 0.6) is 5.75 Å². The third kappa shape index (κ3) is 3.58. The van der Waals surface area contributed by atoms with Crippen molar-refractivity contribution >= 4 is 10.8 Å². The van der Waals surface area contributed by atoms with Crippen LogP contribution < -0.4 is 4.74 Å². The average molecular weight is 407 g/mol. The quantitative estimate of drug-likeness (QED) is 0.677. The Balaban J connectivity index is 1.30. The van der Waals surface area contributed by atoms with Crippen LogP contribution in [0.25, 0.3) is 10.8 Å². The van der Waals surface area contributed by atoms with Crippen LogP contribution in [0.1, 0.15) is 42.6 Å². The second-order valence-corrected chi connectivity index (χ2v) is 8.58. The summed E-state index contributed by atoms with van der Waals surface area (Å²) >= 11 is 0. The maximum atomic E-state index is 13.1. The third-order valence-electron chi connectivity index (χ3n) is 6.61. The zero-order chi connectivity index (χ0) is 20.7. The lowest BCUT2D eigenvalue weighted by Crippen LogP contribution is -2.51. The van der Waals surface area contributed by atoms with Crippen LogP contribution in [-0.4, -0.2) is 40.3 Å². The molecule has 0 aliphatic carbocycles. The van der Waals surface area contributed by atoms with Crippen LogP contribution in [0.15, 0.2) is 60.7 Å². The Labute approximate surface area is 175 Å². The Morgan fingerprint density at radius 2 is 1.77 bits per heavy atom. The normalized spacial score (nSPS) is 21.9. The van der Waals surface area contributed by atoms with E-state index < -0.39 is 12.2 Å². The number of hydrogen-bond donors (Lipinski definition) is 2. The molecule has 30 heavy (non-hydrogen) atoms. The number of halogens is 1. The first-order valence-corrected chi connectivity index (χ1v) is 10.6. The first kappa shape index (κ1) is 19.5. The van der Waals surface area contributed by atoms with Crippen molar-refractivity contribution in [1.82, 2.24) is 4.90 Å². The van der Waals surface area contributed by atoms with Gasteiger partial charge in [0.2, 0.25) is 0 Å². The van der Waals surface area contributed by atoms with E-state index in [1.165, 1.54) is 12.1 Å². The van der Waals surface area contributed by atoms with E-state index in [0.29, 0.717) is 13.0 Å². The predicted molar refractivity (Wildman–Crippen MR) is 114 cm³/mol. The van der Waals surface area contributed by atoms with Crippen molar-refractivity contribution in [3.63, 3.8) is 0 Å². The van der Waals surface area contributed by atoms with Crippen molar-refractivity contribution in [2.75, 3.05) is 19.6 Å². The Kier molecular flexibility index (Phi) is 4.97. The van der Waals surface area contributed by atoms with Crippen molar-refractivity contribution in [2.45, 2.75) is 37.1 Å². The highest BCUT2D eigenvalue weighted by Crippen LogP contribution is 2.47. The molecule has 156 valence electrons. The maximum Gasteiger partial charge on any atom is 0.133 e. The monoisotopic (exact) mass is 407 g/mol. The molecule has 0 aromatic heterocycles. The minimum absolute atomic E-state index is 0.299. The van der Waals surface area contributed by atoms with Gasteiger partial charge in [-0.05, 0) is 35.9 Å². The Morgan fingerprint density at radius 3 is 2.53 bits per heavy atom. The van der Waals surface area contributed by atoms with E-state index >= 15 is 0 Å². The highest BCUT2D eigenvalue weighted by atomic mass is 19.1. The predicted octanol–water partition coefficient (Wildman–Crippen LogP) is 4.36. The molecule has 3 aromatic carbocycles. The number of hydrogen-bond acceptors (Lipinski definition) is 4. The molecular weight excluding hydrogens is 381 g/mol. The minimum atomic E-state index is -0.651. The number of likely N-dealkylation sites (tertiary alicyclic amines) is 1. The van der Waals surface area contributed by atoms with Gasteiger partial charge in [-0.2, -0.15) is 0 Å². The van der Waals surface area contributed by atoms with E-state index in [1.807, 2.05) is 30.3 Å². The zero-order valence-corrected chi connectivity index (χ0v) is 16.8. The fraction of sp³-hybridized carbons (Fsp3) is 0.360. The number of aliphatic hydroxyl groups is 2. The summed E-state index contributed by atoms with van der Waals surface area (Å²) in [5.74, 6) is 0.512. The molecule has 5 heteroatoms. The molecule has 0 saturated carbocycles. The van der Waals surface area contributed by atoms with Gasteiger partial charge in [0, 0.05) is 37.0 Å². The summed E-state index contributed by atoms with van der Waals surface area (Å²) in [4.78, 5) is 2.22. The Bertz CT molecular complexity index is 1040.